The van der Waals surface area contributed by atoms with Crippen LogP contribution in [0.25, 0.3) is 0 Å². The van der Waals surface area contributed by atoms with Crippen molar-refractivity contribution in [3.63, 3.8) is 0 Å². The fourth-order valence-electron chi connectivity index (χ4n) is 4.09. The van der Waals surface area contributed by atoms with Gasteiger partial charge in [0, 0.05) is 13.2 Å². The summed E-state index contributed by atoms with van der Waals surface area (Å²) in [6.07, 6.45) is 9.84. The van der Waals surface area contributed by atoms with Crippen LogP contribution in [0.3, 0.4) is 0 Å². The zero-order valence-corrected chi connectivity index (χ0v) is 10.8. The topological polar surface area (TPSA) is 55.1 Å². The molecule has 1 aromatic rings. The lowest BCUT2D eigenvalue weighted by molar-refractivity contribution is -0.153. The third-order valence-corrected chi connectivity index (χ3v) is 5.02. The van der Waals surface area contributed by atoms with Crippen LogP contribution in [-0.4, -0.2) is 20.9 Å². The molecule has 2 aliphatic carbocycles. The van der Waals surface area contributed by atoms with Crippen LogP contribution in [0.1, 0.15) is 37.7 Å². The minimum atomic E-state index is -0.571. The molecule has 2 bridgehead atoms. The van der Waals surface area contributed by atoms with Crippen LogP contribution in [0.5, 0.6) is 0 Å². The van der Waals surface area contributed by atoms with Crippen LogP contribution in [0, 0.1) is 17.3 Å². The lowest BCUT2D eigenvalue weighted by atomic mass is 9.70. The van der Waals surface area contributed by atoms with Crippen molar-refractivity contribution in [2.24, 2.45) is 24.3 Å². The summed E-state index contributed by atoms with van der Waals surface area (Å²) in [6, 6.07) is 0. The van der Waals surface area contributed by atoms with Crippen LogP contribution >= 0.6 is 0 Å². The Hall–Kier alpha value is -1.32. The second-order valence-corrected chi connectivity index (χ2v) is 6.06. The van der Waals surface area contributed by atoms with Gasteiger partial charge in [0.05, 0.1) is 11.6 Å². The normalized spacial score (nSPS) is 34.1. The first-order valence-electron chi connectivity index (χ1n) is 6.81. The second-order valence-electron chi connectivity index (χ2n) is 6.06. The molecule has 18 heavy (non-hydrogen) atoms. The maximum atomic E-state index is 11.7. The SMILES string of the molecule is Cn1cc(CCC2(C(=O)O)CC3CCC2C3)cn1. The highest BCUT2D eigenvalue weighted by molar-refractivity contribution is 5.76. The molecule has 3 unspecified atom stereocenters. The van der Waals surface area contributed by atoms with Crippen molar-refractivity contribution in [1.29, 1.82) is 0 Å². The molecule has 1 aromatic heterocycles. The molecule has 4 nitrogen and oxygen atoms in total. The highest BCUT2D eigenvalue weighted by Crippen LogP contribution is 2.58. The summed E-state index contributed by atoms with van der Waals surface area (Å²) in [7, 11) is 1.90. The number of carbonyl (C=O) groups is 1. The Morgan fingerprint density at radius 3 is 2.94 bits per heavy atom. The molecule has 0 saturated heterocycles. The van der Waals surface area contributed by atoms with Gasteiger partial charge >= 0.3 is 5.97 Å². The van der Waals surface area contributed by atoms with Gasteiger partial charge in [0.25, 0.3) is 0 Å². The van der Waals surface area contributed by atoms with Crippen molar-refractivity contribution in [3.05, 3.63) is 18.0 Å². The summed E-state index contributed by atoms with van der Waals surface area (Å²) in [6.45, 7) is 0. The Bertz CT molecular complexity index is 468. The highest BCUT2D eigenvalue weighted by atomic mass is 16.4. The zero-order chi connectivity index (χ0) is 12.8. The Balaban J connectivity index is 1.74. The predicted octanol–water partition coefficient (Wildman–Crippen LogP) is 2.24. The van der Waals surface area contributed by atoms with Crippen LogP contribution in [0.15, 0.2) is 12.4 Å². The number of nitrogens with zero attached hydrogens (tertiary/aromatic N) is 2. The summed E-state index contributed by atoms with van der Waals surface area (Å²) < 4.78 is 1.78. The van der Waals surface area contributed by atoms with Gasteiger partial charge in [-0.05, 0) is 49.5 Å². The minimum Gasteiger partial charge on any atom is -0.481 e. The largest absolute Gasteiger partial charge is 0.481 e. The lowest BCUT2D eigenvalue weighted by Crippen LogP contribution is -2.36. The Labute approximate surface area is 107 Å². The van der Waals surface area contributed by atoms with E-state index in [1.54, 1.807) is 4.68 Å². The van der Waals surface area contributed by atoms with Gasteiger partial charge in [-0.15, -0.1) is 0 Å². The molecule has 1 N–H and O–H groups in total. The monoisotopic (exact) mass is 248 g/mol. The van der Waals surface area contributed by atoms with E-state index in [-0.39, 0.29) is 0 Å². The van der Waals surface area contributed by atoms with E-state index in [0.29, 0.717) is 11.8 Å². The van der Waals surface area contributed by atoms with Gasteiger partial charge in [-0.2, -0.15) is 5.10 Å². The van der Waals surface area contributed by atoms with Crippen molar-refractivity contribution in [3.8, 4) is 0 Å². The lowest BCUT2D eigenvalue weighted by Gasteiger charge is -2.33. The Kier molecular flexibility index (Phi) is 2.68. The number of hydrogen-bond donors (Lipinski definition) is 1. The summed E-state index contributed by atoms with van der Waals surface area (Å²) in [5.74, 6) is 0.510. The molecule has 0 aliphatic heterocycles. The van der Waals surface area contributed by atoms with E-state index in [1.165, 1.54) is 6.42 Å². The number of aromatic nitrogens is 2. The van der Waals surface area contributed by atoms with E-state index in [2.05, 4.69) is 5.10 Å². The van der Waals surface area contributed by atoms with Gasteiger partial charge in [-0.25, -0.2) is 0 Å². The van der Waals surface area contributed by atoms with Crippen molar-refractivity contribution < 1.29 is 9.90 Å². The van der Waals surface area contributed by atoms with Crippen molar-refractivity contribution in [1.82, 2.24) is 9.78 Å². The first-order chi connectivity index (χ1) is 8.60. The first-order valence-corrected chi connectivity index (χ1v) is 6.81. The number of rotatable bonds is 4. The molecule has 0 amide bonds. The average molecular weight is 248 g/mol. The molecule has 2 fully saturated rings. The number of fused-ring (bicyclic) bond motifs is 2. The number of carboxylic acids is 1. The second kappa shape index (κ2) is 4.11. The van der Waals surface area contributed by atoms with E-state index < -0.39 is 11.4 Å². The van der Waals surface area contributed by atoms with E-state index in [9.17, 15) is 9.90 Å². The van der Waals surface area contributed by atoms with Crippen molar-refractivity contribution in [2.45, 2.75) is 38.5 Å². The predicted molar refractivity (Wildman–Crippen MR) is 67.0 cm³/mol. The molecule has 1 heterocycles. The Morgan fingerprint density at radius 2 is 2.44 bits per heavy atom. The summed E-state index contributed by atoms with van der Waals surface area (Å²) in [5.41, 5.74) is 0.708. The molecule has 0 radical (unpaired) electrons. The molecule has 2 aliphatic rings. The summed E-state index contributed by atoms with van der Waals surface area (Å²) in [5, 5.41) is 13.8. The average Bonchev–Trinajstić information content (AvgIpc) is 3.01. The fraction of sp³-hybridized carbons (Fsp3) is 0.714. The number of aryl methyl sites for hydroxylation is 2. The van der Waals surface area contributed by atoms with Gasteiger partial charge in [0.2, 0.25) is 0 Å². The Morgan fingerprint density at radius 1 is 1.61 bits per heavy atom. The third kappa shape index (κ3) is 1.74. The molecular weight excluding hydrogens is 228 g/mol. The van der Waals surface area contributed by atoms with E-state index in [0.717, 1.165) is 37.7 Å². The van der Waals surface area contributed by atoms with E-state index in [1.807, 2.05) is 19.4 Å². The smallest absolute Gasteiger partial charge is 0.309 e. The molecular formula is C14H20N2O2. The van der Waals surface area contributed by atoms with E-state index in [4.69, 9.17) is 0 Å². The number of aliphatic carboxylic acids is 1. The molecule has 0 spiro atoms. The van der Waals surface area contributed by atoms with Crippen LogP contribution in [0.2, 0.25) is 0 Å². The molecule has 4 heteroatoms. The van der Waals surface area contributed by atoms with Crippen LogP contribution < -0.4 is 0 Å². The van der Waals surface area contributed by atoms with Gasteiger partial charge in [0.15, 0.2) is 0 Å². The maximum absolute atomic E-state index is 11.7. The molecule has 2 saturated carbocycles. The van der Waals surface area contributed by atoms with E-state index >= 15 is 0 Å². The maximum Gasteiger partial charge on any atom is 0.309 e. The first kappa shape index (κ1) is 11.8. The highest BCUT2D eigenvalue weighted by Gasteiger charge is 2.55. The van der Waals surface area contributed by atoms with Crippen molar-refractivity contribution >= 4 is 5.97 Å². The van der Waals surface area contributed by atoms with Gasteiger partial charge in [0.1, 0.15) is 0 Å². The fourth-order valence-corrected chi connectivity index (χ4v) is 4.09. The number of hydrogen-bond acceptors (Lipinski definition) is 2. The van der Waals surface area contributed by atoms with Crippen LogP contribution in [0.4, 0.5) is 0 Å². The molecule has 3 atom stereocenters. The summed E-state index contributed by atoms with van der Waals surface area (Å²) >= 11 is 0. The molecule has 3 rings (SSSR count). The van der Waals surface area contributed by atoms with Gasteiger partial charge < -0.3 is 5.11 Å². The third-order valence-electron chi connectivity index (χ3n) is 5.02. The number of carboxylic acid groups (broad SMARTS) is 1. The van der Waals surface area contributed by atoms with Gasteiger partial charge in [-0.1, -0.05) is 6.42 Å². The zero-order valence-electron chi connectivity index (χ0n) is 10.8. The standard InChI is InChI=1S/C14H20N2O2/c1-16-9-11(8-15-16)4-5-14(13(17)18)7-10-2-3-12(14)6-10/h8-10,12H,2-7H2,1H3,(H,17,18). The molecule has 0 aromatic carbocycles. The summed E-state index contributed by atoms with van der Waals surface area (Å²) in [4.78, 5) is 11.7. The van der Waals surface area contributed by atoms with Crippen molar-refractivity contribution in [2.75, 3.05) is 0 Å². The molecule has 98 valence electrons. The minimum absolute atomic E-state index is 0.414. The quantitative estimate of drug-likeness (QED) is 0.889. The van der Waals surface area contributed by atoms with Crippen LogP contribution in [-0.2, 0) is 18.3 Å². The van der Waals surface area contributed by atoms with Gasteiger partial charge in [-0.3, -0.25) is 9.48 Å².